The summed E-state index contributed by atoms with van der Waals surface area (Å²) in [6, 6.07) is 6.33. The Labute approximate surface area is 170 Å². The molecule has 0 bridgehead atoms. The second-order valence-electron chi connectivity index (χ2n) is 7.20. The summed E-state index contributed by atoms with van der Waals surface area (Å²) in [7, 11) is -1.57. The first-order valence-electron chi connectivity index (χ1n) is 9.45. The Kier molecular flexibility index (Phi) is 6.41. The molecule has 2 aliphatic rings. The Bertz CT molecular complexity index is 897. The van der Waals surface area contributed by atoms with Crippen LogP contribution < -0.4 is 14.8 Å². The zero-order chi connectivity index (χ0) is 21.0. The molecule has 2 atom stereocenters. The highest BCUT2D eigenvalue weighted by molar-refractivity contribution is 7.91. The molecular weight excluding hydrogens is 398 g/mol. The molecule has 10 heteroatoms. The van der Waals surface area contributed by atoms with Gasteiger partial charge in [-0.1, -0.05) is 0 Å². The maximum atomic E-state index is 12.5. The lowest BCUT2D eigenvalue weighted by atomic mass is 10.1. The first kappa shape index (κ1) is 21.1. The number of amides is 2. The Morgan fingerprint density at radius 1 is 1.28 bits per heavy atom. The maximum Gasteiger partial charge on any atom is 0.267 e. The number of carbonyl (C=O) groups excluding carboxylic acids is 2. The molecule has 0 aromatic heterocycles. The zero-order valence-electron chi connectivity index (χ0n) is 16.5. The second kappa shape index (κ2) is 8.81. The molecule has 2 unspecified atom stereocenters. The largest absolute Gasteiger partial charge is 0.497 e. The first-order valence-corrected chi connectivity index (χ1v) is 11.3. The summed E-state index contributed by atoms with van der Waals surface area (Å²) < 4.78 is 34.1. The van der Waals surface area contributed by atoms with Crippen molar-refractivity contribution in [3.8, 4) is 11.5 Å². The van der Waals surface area contributed by atoms with Crippen LogP contribution in [0, 0.1) is 0 Å². The van der Waals surface area contributed by atoms with Crippen molar-refractivity contribution in [2.45, 2.75) is 38.3 Å². The van der Waals surface area contributed by atoms with Gasteiger partial charge < -0.3 is 14.8 Å². The summed E-state index contributed by atoms with van der Waals surface area (Å²) in [6.07, 6.45) is 0.713. The van der Waals surface area contributed by atoms with E-state index >= 15 is 0 Å². The smallest absolute Gasteiger partial charge is 0.267 e. The van der Waals surface area contributed by atoms with Gasteiger partial charge in [0.25, 0.3) is 5.91 Å². The lowest BCUT2D eigenvalue weighted by Crippen LogP contribution is -2.46. The van der Waals surface area contributed by atoms with Gasteiger partial charge in [0.15, 0.2) is 9.84 Å². The monoisotopic (exact) mass is 423 g/mol. The highest BCUT2D eigenvalue weighted by Gasteiger charge is 2.37. The molecule has 3 rings (SSSR count). The molecule has 9 nitrogen and oxygen atoms in total. The van der Waals surface area contributed by atoms with E-state index < -0.39 is 15.9 Å². The molecule has 1 saturated heterocycles. The van der Waals surface area contributed by atoms with E-state index in [0.717, 1.165) is 5.75 Å². The van der Waals surface area contributed by atoms with Crippen LogP contribution in [0.3, 0.4) is 0 Å². The molecular formula is C19H25N3O6S. The van der Waals surface area contributed by atoms with Crippen LogP contribution >= 0.6 is 0 Å². The van der Waals surface area contributed by atoms with Gasteiger partial charge >= 0.3 is 0 Å². The second-order valence-corrected chi connectivity index (χ2v) is 9.43. The van der Waals surface area contributed by atoms with Gasteiger partial charge in [-0.05, 0) is 37.6 Å². The van der Waals surface area contributed by atoms with Crippen LogP contribution in [-0.4, -0.2) is 68.3 Å². The minimum Gasteiger partial charge on any atom is -0.497 e. The van der Waals surface area contributed by atoms with Gasteiger partial charge in [-0.3, -0.25) is 9.59 Å². The van der Waals surface area contributed by atoms with Crippen molar-refractivity contribution < 1.29 is 27.5 Å². The molecule has 29 heavy (non-hydrogen) atoms. The predicted octanol–water partition coefficient (Wildman–Crippen LogP) is 0.744. The third kappa shape index (κ3) is 5.47. The number of nitrogens with one attached hydrogen (secondary N) is 1. The number of benzene rings is 1. The van der Waals surface area contributed by atoms with Crippen molar-refractivity contribution in [3.05, 3.63) is 24.3 Å². The van der Waals surface area contributed by atoms with E-state index in [4.69, 9.17) is 9.47 Å². The molecule has 2 heterocycles. The van der Waals surface area contributed by atoms with Gasteiger partial charge in [0.2, 0.25) is 5.91 Å². The van der Waals surface area contributed by atoms with Crippen LogP contribution in [0.15, 0.2) is 29.4 Å². The fraction of sp³-hybridized carbons (Fsp3) is 0.526. The van der Waals surface area contributed by atoms with Gasteiger partial charge in [0, 0.05) is 12.8 Å². The highest BCUT2D eigenvalue weighted by atomic mass is 32.2. The minimum absolute atomic E-state index is 0.0399. The van der Waals surface area contributed by atoms with E-state index in [0.29, 0.717) is 12.2 Å². The van der Waals surface area contributed by atoms with E-state index in [1.54, 1.807) is 38.3 Å². The third-order valence-electron chi connectivity index (χ3n) is 4.81. The molecule has 2 aliphatic heterocycles. The number of ether oxygens (including phenoxy) is 2. The predicted molar refractivity (Wildman–Crippen MR) is 107 cm³/mol. The van der Waals surface area contributed by atoms with E-state index in [1.165, 1.54) is 5.01 Å². The molecule has 0 spiro atoms. The van der Waals surface area contributed by atoms with Gasteiger partial charge in [-0.15, -0.1) is 0 Å². The molecule has 2 amide bonds. The Morgan fingerprint density at radius 3 is 2.59 bits per heavy atom. The van der Waals surface area contributed by atoms with Crippen LogP contribution in [0.25, 0.3) is 0 Å². The van der Waals surface area contributed by atoms with Crippen molar-refractivity contribution >= 4 is 27.4 Å². The van der Waals surface area contributed by atoms with Crippen molar-refractivity contribution in [1.82, 2.24) is 10.3 Å². The number of hydrogen-bond donors (Lipinski definition) is 1. The molecule has 0 aliphatic carbocycles. The molecule has 0 radical (unpaired) electrons. The van der Waals surface area contributed by atoms with Crippen LogP contribution in [0.2, 0.25) is 0 Å². The number of hydrazone groups is 1. The highest BCUT2D eigenvalue weighted by Crippen LogP contribution is 2.22. The summed E-state index contributed by atoms with van der Waals surface area (Å²) >= 11 is 0. The number of sulfone groups is 1. The lowest BCUT2D eigenvalue weighted by molar-refractivity contribution is -0.133. The maximum absolute atomic E-state index is 12.5. The van der Waals surface area contributed by atoms with E-state index in [-0.39, 0.29) is 54.5 Å². The van der Waals surface area contributed by atoms with Crippen molar-refractivity contribution in [1.29, 1.82) is 0 Å². The fourth-order valence-corrected chi connectivity index (χ4v) is 4.92. The van der Waals surface area contributed by atoms with E-state index in [2.05, 4.69) is 10.4 Å². The van der Waals surface area contributed by atoms with E-state index in [9.17, 15) is 18.0 Å². The molecule has 1 fully saturated rings. The summed E-state index contributed by atoms with van der Waals surface area (Å²) in [5, 5.41) is 8.16. The number of carbonyl (C=O) groups is 2. The van der Waals surface area contributed by atoms with Gasteiger partial charge in [0.1, 0.15) is 23.8 Å². The SMILES string of the molecule is COc1ccc(OCC(C)NC(=O)C2=NN(C3CCS(=O)(=O)C3)C(=O)CC2)cc1. The van der Waals surface area contributed by atoms with E-state index in [1.807, 2.05) is 0 Å². The molecule has 1 N–H and O–H groups in total. The topological polar surface area (TPSA) is 114 Å². The number of nitrogens with zero attached hydrogens (tertiary/aromatic N) is 2. The van der Waals surface area contributed by atoms with Crippen LogP contribution in [-0.2, 0) is 19.4 Å². The Balaban J connectivity index is 1.55. The van der Waals surface area contributed by atoms with Crippen LogP contribution in [0.1, 0.15) is 26.2 Å². The normalized spacial score (nSPS) is 22.0. The Hall–Kier alpha value is -2.62. The quantitative estimate of drug-likeness (QED) is 0.692. The average Bonchev–Trinajstić information content (AvgIpc) is 3.06. The van der Waals surface area contributed by atoms with Gasteiger partial charge in [0.05, 0.1) is 30.7 Å². The molecule has 1 aromatic carbocycles. The zero-order valence-corrected chi connectivity index (χ0v) is 17.3. The summed E-state index contributed by atoms with van der Waals surface area (Å²) in [5.41, 5.74) is 0.227. The molecule has 0 saturated carbocycles. The average molecular weight is 423 g/mol. The summed E-state index contributed by atoms with van der Waals surface area (Å²) in [5.74, 6) is 0.680. The van der Waals surface area contributed by atoms with Crippen molar-refractivity contribution in [3.63, 3.8) is 0 Å². The van der Waals surface area contributed by atoms with Crippen molar-refractivity contribution in [2.24, 2.45) is 5.10 Å². The summed E-state index contributed by atoms with van der Waals surface area (Å²) in [6.45, 7) is 2.06. The number of hydrogen-bond acceptors (Lipinski definition) is 7. The Morgan fingerprint density at radius 2 is 1.97 bits per heavy atom. The minimum atomic E-state index is -3.15. The summed E-state index contributed by atoms with van der Waals surface area (Å²) in [4.78, 5) is 24.7. The van der Waals surface area contributed by atoms with Crippen LogP contribution in [0.4, 0.5) is 0 Å². The lowest BCUT2D eigenvalue weighted by Gasteiger charge is -2.28. The first-order chi connectivity index (χ1) is 13.8. The molecule has 158 valence electrons. The number of methoxy groups -OCH3 is 1. The van der Waals surface area contributed by atoms with Gasteiger partial charge in [-0.2, -0.15) is 5.10 Å². The van der Waals surface area contributed by atoms with Gasteiger partial charge in [-0.25, -0.2) is 13.4 Å². The number of rotatable bonds is 7. The standard InChI is InChI=1S/C19H25N3O6S/c1-13(11-28-16-5-3-15(27-2)4-6-16)20-19(24)17-7-8-18(23)22(21-17)14-9-10-29(25,26)12-14/h3-6,13-14H,7-12H2,1-2H3,(H,20,24). The van der Waals surface area contributed by atoms with Crippen molar-refractivity contribution in [2.75, 3.05) is 25.2 Å². The molecule has 1 aromatic rings. The third-order valence-corrected chi connectivity index (χ3v) is 6.56. The van der Waals surface area contributed by atoms with Crippen LogP contribution in [0.5, 0.6) is 11.5 Å². The fourth-order valence-electron chi connectivity index (χ4n) is 3.23.